The quantitative estimate of drug-likeness (QED) is 0.588. The van der Waals surface area contributed by atoms with Crippen molar-refractivity contribution < 1.29 is 20.1 Å². The van der Waals surface area contributed by atoms with Gasteiger partial charge in [0.05, 0.1) is 0 Å². The summed E-state index contributed by atoms with van der Waals surface area (Å²) in [4.78, 5) is 10.5. The van der Waals surface area contributed by atoms with E-state index in [-0.39, 0.29) is 10.6 Å². The summed E-state index contributed by atoms with van der Waals surface area (Å²) in [5.41, 5.74) is 5.34. The molecule has 0 fully saturated rings. The van der Waals surface area contributed by atoms with Crippen molar-refractivity contribution in [2.24, 2.45) is 5.73 Å². The summed E-state index contributed by atoms with van der Waals surface area (Å²) in [6.07, 6.45) is 0. The molecule has 1 atom stereocenters. The molecule has 0 spiro atoms. The Kier molecular flexibility index (Phi) is 2.83. The third kappa shape index (κ3) is 1.89. The van der Waals surface area contributed by atoms with Crippen LogP contribution in [0.5, 0.6) is 11.5 Å². The van der Waals surface area contributed by atoms with Gasteiger partial charge in [-0.2, -0.15) is 0 Å². The maximum absolute atomic E-state index is 10.5. The molecule has 0 saturated carbocycles. The monoisotopic (exact) mass is 217 g/mol. The fourth-order valence-electron chi connectivity index (χ4n) is 0.937. The normalized spacial score (nSPS) is 12.4. The number of aromatic hydroxyl groups is 2. The van der Waals surface area contributed by atoms with Gasteiger partial charge in [-0.1, -0.05) is 11.6 Å². The summed E-state index contributed by atoms with van der Waals surface area (Å²) in [7, 11) is 0. The first kappa shape index (κ1) is 10.6. The number of rotatable bonds is 2. The van der Waals surface area contributed by atoms with Gasteiger partial charge in [0.1, 0.15) is 22.6 Å². The highest BCUT2D eigenvalue weighted by molar-refractivity contribution is 6.33. The number of aliphatic carboxylic acids is 1. The molecule has 5 N–H and O–H groups in total. The highest BCUT2D eigenvalue weighted by atomic mass is 35.5. The molecule has 6 heteroatoms. The number of carbonyl (C=O) groups is 1. The van der Waals surface area contributed by atoms with Gasteiger partial charge in [0, 0.05) is 0 Å². The van der Waals surface area contributed by atoms with Crippen LogP contribution < -0.4 is 5.73 Å². The Bertz CT molecular complexity index is 357. The van der Waals surface area contributed by atoms with Crippen LogP contribution in [-0.4, -0.2) is 21.3 Å². The van der Waals surface area contributed by atoms with Gasteiger partial charge in [-0.25, -0.2) is 0 Å². The maximum atomic E-state index is 10.5. The summed E-state index contributed by atoms with van der Waals surface area (Å²) in [6.45, 7) is 0. The van der Waals surface area contributed by atoms with Gasteiger partial charge in [0.2, 0.25) is 0 Å². The SMILES string of the molecule is N[C@H](C(=O)O)c1cc(O)c(Cl)c(O)c1. The maximum Gasteiger partial charge on any atom is 0.325 e. The smallest absolute Gasteiger partial charge is 0.325 e. The molecule has 0 aromatic heterocycles. The van der Waals surface area contributed by atoms with Crippen LogP contribution >= 0.6 is 11.6 Å². The Morgan fingerprint density at radius 3 is 2.14 bits per heavy atom. The Hall–Kier alpha value is -1.46. The minimum Gasteiger partial charge on any atom is -0.506 e. The van der Waals surface area contributed by atoms with Crippen LogP contribution in [0.1, 0.15) is 11.6 Å². The molecule has 1 aromatic carbocycles. The number of carboxylic acid groups (broad SMARTS) is 1. The third-order valence-electron chi connectivity index (χ3n) is 1.68. The Morgan fingerprint density at radius 2 is 1.79 bits per heavy atom. The van der Waals surface area contributed by atoms with Crippen LogP contribution in [0, 0.1) is 0 Å². The topological polar surface area (TPSA) is 104 Å². The lowest BCUT2D eigenvalue weighted by Gasteiger charge is -2.08. The number of hydrogen-bond donors (Lipinski definition) is 4. The summed E-state index contributed by atoms with van der Waals surface area (Å²) in [5.74, 6) is -2.07. The number of benzene rings is 1. The van der Waals surface area contributed by atoms with Crippen LogP contribution in [-0.2, 0) is 4.79 Å². The van der Waals surface area contributed by atoms with E-state index in [1.807, 2.05) is 0 Å². The van der Waals surface area contributed by atoms with Crippen molar-refractivity contribution in [3.05, 3.63) is 22.7 Å². The van der Waals surface area contributed by atoms with Gasteiger partial charge < -0.3 is 21.1 Å². The van der Waals surface area contributed by atoms with Crippen molar-refractivity contribution in [1.82, 2.24) is 0 Å². The molecule has 1 aromatic rings. The lowest BCUT2D eigenvalue weighted by Crippen LogP contribution is -2.20. The zero-order valence-corrected chi connectivity index (χ0v) is 7.69. The molecule has 1 rings (SSSR count). The standard InChI is InChI=1S/C8H8ClNO4/c9-6-4(11)1-3(2-5(6)12)7(10)8(13)14/h1-2,7,11-12H,10H2,(H,13,14)/t7-/m0/s1. The van der Waals surface area contributed by atoms with E-state index in [0.717, 1.165) is 12.1 Å². The minimum absolute atomic E-state index is 0.0805. The molecular formula is C8H8ClNO4. The lowest BCUT2D eigenvalue weighted by atomic mass is 10.1. The molecule has 0 heterocycles. The summed E-state index contributed by atoms with van der Waals surface area (Å²) in [6, 6.07) is 0.894. The molecule has 0 saturated heterocycles. The number of hydrogen-bond acceptors (Lipinski definition) is 4. The van der Waals surface area contributed by atoms with Crippen molar-refractivity contribution in [3.8, 4) is 11.5 Å². The Morgan fingerprint density at radius 1 is 1.36 bits per heavy atom. The minimum atomic E-state index is -1.30. The third-order valence-corrected chi connectivity index (χ3v) is 2.07. The van der Waals surface area contributed by atoms with Gasteiger partial charge in [-0.05, 0) is 17.7 Å². The second-order valence-electron chi connectivity index (χ2n) is 2.69. The summed E-state index contributed by atoms with van der Waals surface area (Å²) in [5, 5.41) is 26.7. The Labute approximate surface area is 84.3 Å². The van der Waals surface area contributed by atoms with E-state index in [1.165, 1.54) is 0 Å². The number of halogens is 1. The summed E-state index contributed by atoms with van der Waals surface area (Å²) < 4.78 is 0. The second kappa shape index (κ2) is 3.73. The van der Waals surface area contributed by atoms with Crippen molar-refractivity contribution >= 4 is 17.6 Å². The van der Waals surface area contributed by atoms with Crippen LogP contribution in [0.15, 0.2) is 12.1 Å². The molecule has 0 aliphatic carbocycles. The molecule has 5 nitrogen and oxygen atoms in total. The van der Waals surface area contributed by atoms with E-state index in [9.17, 15) is 15.0 Å². The zero-order chi connectivity index (χ0) is 10.9. The molecule has 0 aliphatic rings. The van der Waals surface area contributed by atoms with E-state index < -0.39 is 23.5 Å². The molecule has 0 amide bonds. The average molecular weight is 218 g/mol. The number of nitrogens with two attached hydrogens (primary N) is 1. The average Bonchev–Trinajstić information content (AvgIpc) is 2.12. The van der Waals surface area contributed by atoms with Gasteiger partial charge >= 0.3 is 5.97 Å². The highest BCUT2D eigenvalue weighted by Crippen LogP contribution is 2.34. The van der Waals surface area contributed by atoms with Gasteiger partial charge in [0.25, 0.3) is 0 Å². The van der Waals surface area contributed by atoms with Gasteiger partial charge in [-0.15, -0.1) is 0 Å². The van der Waals surface area contributed by atoms with Crippen molar-refractivity contribution in [2.75, 3.05) is 0 Å². The van der Waals surface area contributed by atoms with E-state index >= 15 is 0 Å². The number of phenols is 2. The van der Waals surface area contributed by atoms with Crippen molar-refractivity contribution in [3.63, 3.8) is 0 Å². The zero-order valence-electron chi connectivity index (χ0n) is 6.94. The van der Waals surface area contributed by atoms with Crippen LogP contribution in [0.25, 0.3) is 0 Å². The fourth-order valence-corrected chi connectivity index (χ4v) is 1.05. The van der Waals surface area contributed by atoms with Crippen LogP contribution in [0.3, 0.4) is 0 Å². The van der Waals surface area contributed by atoms with Crippen LogP contribution in [0.2, 0.25) is 5.02 Å². The Balaban J connectivity index is 3.19. The van der Waals surface area contributed by atoms with E-state index in [4.69, 9.17) is 22.4 Å². The fraction of sp³-hybridized carbons (Fsp3) is 0.125. The van der Waals surface area contributed by atoms with Crippen molar-refractivity contribution in [2.45, 2.75) is 6.04 Å². The molecule has 0 bridgehead atoms. The van der Waals surface area contributed by atoms with E-state index in [2.05, 4.69) is 0 Å². The van der Waals surface area contributed by atoms with Crippen LogP contribution in [0.4, 0.5) is 0 Å². The molecule has 14 heavy (non-hydrogen) atoms. The molecule has 0 radical (unpaired) electrons. The first-order valence-corrected chi connectivity index (χ1v) is 4.01. The molecule has 0 aliphatic heterocycles. The number of carboxylic acids is 1. The predicted molar refractivity (Wildman–Crippen MR) is 49.3 cm³/mol. The molecule has 76 valence electrons. The first-order chi connectivity index (χ1) is 6.43. The number of phenolic OH excluding ortho intramolecular Hbond substituents is 2. The van der Waals surface area contributed by atoms with Gasteiger partial charge in [-0.3, -0.25) is 4.79 Å². The molecule has 0 unspecified atom stereocenters. The summed E-state index contributed by atoms with van der Waals surface area (Å²) >= 11 is 5.45. The van der Waals surface area contributed by atoms with Gasteiger partial charge in [0.15, 0.2) is 0 Å². The highest BCUT2D eigenvalue weighted by Gasteiger charge is 2.17. The predicted octanol–water partition coefficient (Wildman–Crippen LogP) is 0.836. The first-order valence-electron chi connectivity index (χ1n) is 3.63. The van der Waals surface area contributed by atoms with E-state index in [0.29, 0.717) is 0 Å². The van der Waals surface area contributed by atoms with E-state index in [1.54, 1.807) is 0 Å². The lowest BCUT2D eigenvalue weighted by molar-refractivity contribution is -0.138. The van der Waals surface area contributed by atoms with Crippen molar-refractivity contribution in [1.29, 1.82) is 0 Å². The molecular weight excluding hydrogens is 210 g/mol. The second-order valence-corrected chi connectivity index (χ2v) is 3.07. The largest absolute Gasteiger partial charge is 0.506 e.